The number of nitrogens with one attached hydrogen (secondary N) is 1. The normalized spacial score (nSPS) is 11.9. The zero-order valence-electron chi connectivity index (χ0n) is 13.9. The lowest BCUT2D eigenvalue weighted by molar-refractivity contribution is -0.122. The summed E-state index contributed by atoms with van der Waals surface area (Å²) in [5.74, 6) is 0.576. The predicted octanol–water partition coefficient (Wildman–Crippen LogP) is 4.33. The van der Waals surface area contributed by atoms with Crippen molar-refractivity contribution in [2.45, 2.75) is 40.7 Å². The summed E-state index contributed by atoms with van der Waals surface area (Å²) in [7, 11) is 0. The molecule has 0 radical (unpaired) electrons. The Morgan fingerprint density at radius 2 is 1.59 bits per heavy atom. The van der Waals surface area contributed by atoms with E-state index in [9.17, 15) is 4.79 Å². The number of amides is 1. The summed E-state index contributed by atoms with van der Waals surface area (Å²) < 4.78 is 5.76. The summed E-state index contributed by atoms with van der Waals surface area (Å²) in [5.41, 5.74) is 5.29. The molecule has 0 heterocycles. The molecule has 0 spiro atoms. The van der Waals surface area contributed by atoms with Gasteiger partial charge in [-0.25, -0.2) is 0 Å². The first-order valence-corrected chi connectivity index (χ1v) is 7.48. The van der Waals surface area contributed by atoms with Crippen LogP contribution in [0.5, 0.6) is 5.75 Å². The molecule has 1 amide bonds. The van der Waals surface area contributed by atoms with Crippen LogP contribution in [0, 0.1) is 27.7 Å². The Morgan fingerprint density at radius 1 is 0.955 bits per heavy atom. The second-order valence-corrected chi connectivity index (χ2v) is 5.89. The van der Waals surface area contributed by atoms with Gasteiger partial charge in [0.1, 0.15) is 5.75 Å². The second-order valence-electron chi connectivity index (χ2n) is 5.89. The Morgan fingerprint density at radius 3 is 2.18 bits per heavy atom. The fourth-order valence-corrected chi connectivity index (χ4v) is 2.45. The standard InChI is InChI=1S/C19H23NO2/c1-12-6-7-18(15(4)9-12)20-19(21)16(5)22-17-10-13(2)8-14(3)11-17/h6-11,16H,1-5H3,(H,20,21)/t16-/m1/s1. The van der Waals surface area contributed by atoms with E-state index < -0.39 is 6.10 Å². The number of benzene rings is 2. The van der Waals surface area contributed by atoms with E-state index in [4.69, 9.17) is 4.74 Å². The summed E-state index contributed by atoms with van der Waals surface area (Å²) in [6, 6.07) is 11.9. The highest BCUT2D eigenvalue weighted by Gasteiger charge is 2.16. The van der Waals surface area contributed by atoms with Gasteiger partial charge in [0.05, 0.1) is 0 Å². The minimum Gasteiger partial charge on any atom is -0.481 e. The summed E-state index contributed by atoms with van der Waals surface area (Å²) in [4.78, 5) is 12.3. The van der Waals surface area contributed by atoms with Crippen molar-refractivity contribution >= 4 is 11.6 Å². The third kappa shape index (κ3) is 4.10. The third-order valence-electron chi connectivity index (χ3n) is 3.52. The molecule has 0 fully saturated rings. The molecule has 0 bridgehead atoms. The SMILES string of the molecule is Cc1cc(C)cc(O[C@H](C)C(=O)Nc2ccc(C)cc2C)c1. The second kappa shape index (κ2) is 6.65. The Bertz CT molecular complexity index is 672. The van der Waals surface area contributed by atoms with E-state index in [1.807, 2.05) is 58.0 Å². The van der Waals surface area contributed by atoms with Crippen molar-refractivity contribution in [3.63, 3.8) is 0 Å². The van der Waals surface area contributed by atoms with Crippen LogP contribution < -0.4 is 10.1 Å². The van der Waals surface area contributed by atoms with Crippen LogP contribution >= 0.6 is 0 Å². The van der Waals surface area contributed by atoms with Crippen molar-refractivity contribution in [1.29, 1.82) is 0 Å². The van der Waals surface area contributed by atoms with Crippen molar-refractivity contribution in [1.82, 2.24) is 0 Å². The molecule has 22 heavy (non-hydrogen) atoms. The van der Waals surface area contributed by atoms with E-state index in [1.54, 1.807) is 6.92 Å². The molecule has 0 aliphatic rings. The van der Waals surface area contributed by atoms with E-state index in [0.717, 1.165) is 28.1 Å². The van der Waals surface area contributed by atoms with Gasteiger partial charge in [-0.15, -0.1) is 0 Å². The number of hydrogen-bond acceptors (Lipinski definition) is 2. The van der Waals surface area contributed by atoms with Crippen molar-refractivity contribution in [2.75, 3.05) is 5.32 Å². The molecule has 1 atom stereocenters. The highest BCUT2D eigenvalue weighted by molar-refractivity contribution is 5.94. The van der Waals surface area contributed by atoms with Gasteiger partial charge in [0, 0.05) is 5.69 Å². The Balaban J connectivity index is 2.05. The molecule has 0 unspecified atom stereocenters. The van der Waals surface area contributed by atoms with Crippen LogP contribution in [0.15, 0.2) is 36.4 Å². The molecule has 0 saturated carbocycles. The van der Waals surface area contributed by atoms with Crippen LogP contribution in [-0.4, -0.2) is 12.0 Å². The minimum atomic E-state index is -0.554. The topological polar surface area (TPSA) is 38.3 Å². The lowest BCUT2D eigenvalue weighted by Crippen LogP contribution is -2.30. The third-order valence-corrected chi connectivity index (χ3v) is 3.52. The Kier molecular flexibility index (Phi) is 4.86. The van der Waals surface area contributed by atoms with Crippen molar-refractivity contribution in [3.8, 4) is 5.75 Å². The van der Waals surface area contributed by atoms with E-state index in [0.29, 0.717) is 0 Å². The quantitative estimate of drug-likeness (QED) is 0.912. The van der Waals surface area contributed by atoms with Gasteiger partial charge in [-0.1, -0.05) is 23.8 Å². The molecule has 2 rings (SSSR count). The maximum absolute atomic E-state index is 12.3. The fourth-order valence-electron chi connectivity index (χ4n) is 2.45. The van der Waals surface area contributed by atoms with Gasteiger partial charge >= 0.3 is 0 Å². The molecule has 0 aliphatic heterocycles. The number of carbonyl (C=O) groups is 1. The molecular weight excluding hydrogens is 274 g/mol. The van der Waals surface area contributed by atoms with Crippen molar-refractivity contribution in [3.05, 3.63) is 58.7 Å². The smallest absolute Gasteiger partial charge is 0.265 e. The van der Waals surface area contributed by atoms with Gasteiger partial charge in [-0.05, 0) is 69.5 Å². The number of carbonyl (C=O) groups excluding carboxylic acids is 1. The van der Waals surface area contributed by atoms with E-state index >= 15 is 0 Å². The molecule has 3 nitrogen and oxygen atoms in total. The maximum atomic E-state index is 12.3. The summed E-state index contributed by atoms with van der Waals surface area (Å²) in [5, 5.41) is 2.92. The van der Waals surface area contributed by atoms with E-state index in [-0.39, 0.29) is 5.91 Å². The van der Waals surface area contributed by atoms with Gasteiger partial charge < -0.3 is 10.1 Å². The lowest BCUT2D eigenvalue weighted by Gasteiger charge is -2.16. The lowest BCUT2D eigenvalue weighted by atomic mass is 10.1. The summed E-state index contributed by atoms with van der Waals surface area (Å²) >= 11 is 0. The molecule has 2 aromatic carbocycles. The molecule has 0 aromatic heterocycles. The number of rotatable bonds is 4. The Hall–Kier alpha value is -2.29. The predicted molar refractivity (Wildman–Crippen MR) is 90.6 cm³/mol. The minimum absolute atomic E-state index is 0.147. The summed E-state index contributed by atoms with van der Waals surface area (Å²) in [6.45, 7) is 9.81. The van der Waals surface area contributed by atoms with Gasteiger partial charge in [-0.2, -0.15) is 0 Å². The number of hydrogen-bond donors (Lipinski definition) is 1. The zero-order valence-corrected chi connectivity index (χ0v) is 13.9. The molecule has 1 N–H and O–H groups in total. The monoisotopic (exact) mass is 297 g/mol. The molecule has 0 saturated heterocycles. The average Bonchev–Trinajstić information content (AvgIpc) is 2.40. The number of aryl methyl sites for hydroxylation is 4. The number of ether oxygens (including phenoxy) is 1. The van der Waals surface area contributed by atoms with E-state index in [2.05, 4.69) is 11.4 Å². The highest BCUT2D eigenvalue weighted by Crippen LogP contribution is 2.19. The number of anilines is 1. The average molecular weight is 297 g/mol. The van der Waals surface area contributed by atoms with Crippen LogP contribution in [-0.2, 0) is 4.79 Å². The largest absolute Gasteiger partial charge is 0.481 e. The van der Waals surface area contributed by atoms with Gasteiger partial charge in [0.15, 0.2) is 6.10 Å². The van der Waals surface area contributed by atoms with Crippen LogP contribution in [0.3, 0.4) is 0 Å². The van der Waals surface area contributed by atoms with Crippen molar-refractivity contribution < 1.29 is 9.53 Å². The first-order valence-electron chi connectivity index (χ1n) is 7.48. The van der Waals surface area contributed by atoms with Gasteiger partial charge in [0.2, 0.25) is 0 Å². The molecule has 0 aliphatic carbocycles. The first kappa shape index (κ1) is 16.1. The van der Waals surface area contributed by atoms with Crippen molar-refractivity contribution in [2.24, 2.45) is 0 Å². The first-order chi connectivity index (χ1) is 10.3. The van der Waals surface area contributed by atoms with Crippen LogP contribution in [0.1, 0.15) is 29.2 Å². The van der Waals surface area contributed by atoms with E-state index in [1.165, 1.54) is 5.56 Å². The van der Waals surface area contributed by atoms with Crippen LogP contribution in [0.4, 0.5) is 5.69 Å². The fraction of sp³-hybridized carbons (Fsp3) is 0.316. The molecule has 116 valence electrons. The van der Waals surface area contributed by atoms with Crippen LogP contribution in [0.2, 0.25) is 0 Å². The Labute approximate surface area is 132 Å². The van der Waals surface area contributed by atoms with Crippen LogP contribution in [0.25, 0.3) is 0 Å². The summed E-state index contributed by atoms with van der Waals surface area (Å²) in [6.07, 6.45) is -0.554. The highest BCUT2D eigenvalue weighted by atomic mass is 16.5. The maximum Gasteiger partial charge on any atom is 0.265 e. The molecular formula is C19H23NO2. The zero-order chi connectivity index (χ0) is 16.3. The molecule has 2 aromatic rings. The van der Waals surface area contributed by atoms with Gasteiger partial charge in [-0.3, -0.25) is 4.79 Å². The van der Waals surface area contributed by atoms with Gasteiger partial charge in [0.25, 0.3) is 5.91 Å². The molecule has 3 heteroatoms.